The summed E-state index contributed by atoms with van der Waals surface area (Å²) in [5.41, 5.74) is 7.61. The van der Waals surface area contributed by atoms with E-state index < -0.39 is 11.9 Å². The highest BCUT2D eigenvalue weighted by molar-refractivity contribution is 9.10. The average Bonchev–Trinajstić information content (AvgIpc) is 2.32. The van der Waals surface area contributed by atoms with Crippen LogP contribution in [0.25, 0.3) is 0 Å². The van der Waals surface area contributed by atoms with Gasteiger partial charge in [0.2, 0.25) is 0 Å². The average molecular weight is 354 g/mol. The summed E-state index contributed by atoms with van der Waals surface area (Å²) < 4.78 is 0.773. The highest BCUT2D eigenvalue weighted by atomic mass is 79.9. The number of aliphatic carboxylic acids is 1. The lowest BCUT2D eigenvalue weighted by molar-refractivity contribution is -0.141. The summed E-state index contributed by atoms with van der Waals surface area (Å²) in [5, 5.41) is 9.78. The maximum absolute atomic E-state index is 11.9. The predicted octanol–water partition coefficient (Wildman–Crippen LogP) is 4.66. The van der Waals surface area contributed by atoms with Crippen molar-refractivity contribution in [1.82, 2.24) is 0 Å². The minimum atomic E-state index is -0.769. The van der Waals surface area contributed by atoms with E-state index in [0.29, 0.717) is 11.6 Å². The Morgan fingerprint density at radius 2 is 2.10 bits per heavy atom. The van der Waals surface area contributed by atoms with Crippen molar-refractivity contribution in [2.75, 3.05) is 5.73 Å². The van der Waals surface area contributed by atoms with Gasteiger partial charge in [-0.15, -0.1) is 0 Å². The molecule has 1 aliphatic carbocycles. The van der Waals surface area contributed by atoms with E-state index in [-0.39, 0.29) is 11.3 Å². The second-order valence-corrected chi connectivity index (χ2v) is 8.09. The van der Waals surface area contributed by atoms with E-state index >= 15 is 0 Å². The Bertz CT molecular complexity index is 542. The van der Waals surface area contributed by atoms with Crippen LogP contribution in [0.1, 0.15) is 51.5 Å². The molecule has 1 aromatic carbocycles. The topological polar surface area (TPSA) is 63.3 Å². The number of anilines is 1. The molecule has 0 spiro atoms. The lowest BCUT2D eigenvalue weighted by Crippen LogP contribution is -2.34. The molecule has 0 aromatic heterocycles. The summed E-state index contributed by atoms with van der Waals surface area (Å²) in [4.78, 5) is 11.9. The largest absolute Gasteiger partial charge is 0.481 e. The third kappa shape index (κ3) is 3.60. The lowest BCUT2D eigenvalue weighted by Gasteiger charge is -2.41. The van der Waals surface area contributed by atoms with Gasteiger partial charge in [0.25, 0.3) is 0 Å². The van der Waals surface area contributed by atoms with E-state index in [2.05, 4.69) is 36.7 Å². The standard InChI is InChI=1S/C17H24BrNO2/c1-10-7-11(9-17(2,3)8-10)14(16(20)21)12-5-4-6-13(18)15(12)19/h4-6,10-11,14H,7-9,19H2,1-3H3,(H,20,21). The van der Waals surface area contributed by atoms with Crippen molar-refractivity contribution in [3.8, 4) is 0 Å². The van der Waals surface area contributed by atoms with Gasteiger partial charge in [0.15, 0.2) is 0 Å². The maximum atomic E-state index is 11.9. The third-order valence-corrected chi connectivity index (χ3v) is 5.27. The highest BCUT2D eigenvalue weighted by Crippen LogP contribution is 2.48. The van der Waals surface area contributed by atoms with Crippen LogP contribution in [-0.2, 0) is 4.79 Å². The first-order valence-electron chi connectivity index (χ1n) is 7.48. The van der Waals surface area contributed by atoms with Crippen molar-refractivity contribution in [2.45, 2.75) is 46.0 Å². The van der Waals surface area contributed by atoms with Crippen LogP contribution >= 0.6 is 15.9 Å². The second kappa shape index (κ2) is 5.99. The maximum Gasteiger partial charge on any atom is 0.311 e. The van der Waals surface area contributed by atoms with Crippen molar-refractivity contribution >= 4 is 27.6 Å². The van der Waals surface area contributed by atoms with E-state index in [4.69, 9.17) is 5.73 Å². The third-order valence-electron chi connectivity index (χ3n) is 4.58. The summed E-state index contributed by atoms with van der Waals surface area (Å²) in [6.07, 6.45) is 3.04. The van der Waals surface area contributed by atoms with Crippen LogP contribution < -0.4 is 5.73 Å². The Labute approximate surface area is 135 Å². The molecular weight excluding hydrogens is 330 g/mol. The lowest BCUT2D eigenvalue weighted by atomic mass is 9.63. The van der Waals surface area contributed by atoms with Gasteiger partial charge in [0.1, 0.15) is 0 Å². The Balaban J connectivity index is 2.40. The van der Waals surface area contributed by atoms with Gasteiger partial charge in [-0.3, -0.25) is 4.79 Å². The van der Waals surface area contributed by atoms with Gasteiger partial charge in [-0.05, 0) is 64.1 Å². The number of carboxylic acid groups (broad SMARTS) is 1. The number of nitrogen functional groups attached to an aromatic ring is 1. The van der Waals surface area contributed by atoms with Crippen LogP contribution in [0.3, 0.4) is 0 Å². The minimum Gasteiger partial charge on any atom is -0.481 e. The van der Waals surface area contributed by atoms with E-state index in [1.165, 1.54) is 0 Å². The van der Waals surface area contributed by atoms with Crippen molar-refractivity contribution in [2.24, 2.45) is 17.3 Å². The Morgan fingerprint density at radius 3 is 2.67 bits per heavy atom. The van der Waals surface area contributed by atoms with Crippen molar-refractivity contribution < 1.29 is 9.90 Å². The van der Waals surface area contributed by atoms with Gasteiger partial charge < -0.3 is 10.8 Å². The monoisotopic (exact) mass is 353 g/mol. The summed E-state index contributed by atoms with van der Waals surface area (Å²) >= 11 is 3.40. The number of rotatable bonds is 3. The first-order valence-corrected chi connectivity index (χ1v) is 8.27. The van der Waals surface area contributed by atoms with E-state index in [1.54, 1.807) is 0 Å². The normalized spacial score (nSPS) is 26.3. The van der Waals surface area contributed by atoms with Gasteiger partial charge in [0, 0.05) is 10.2 Å². The number of carboxylic acids is 1. The number of benzene rings is 1. The first kappa shape index (κ1) is 16.3. The smallest absolute Gasteiger partial charge is 0.311 e. The van der Waals surface area contributed by atoms with Crippen LogP contribution in [0.15, 0.2) is 22.7 Å². The van der Waals surface area contributed by atoms with E-state index in [9.17, 15) is 9.90 Å². The van der Waals surface area contributed by atoms with Gasteiger partial charge in [-0.2, -0.15) is 0 Å². The molecule has 21 heavy (non-hydrogen) atoms. The second-order valence-electron chi connectivity index (χ2n) is 7.23. The van der Waals surface area contributed by atoms with Crippen LogP contribution in [0.2, 0.25) is 0 Å². The molecule has 0 bridgehead atoms. The fraction of sp³-hybridized carbons (Fsp3) is 0.588. The van der Waals surface area contributed by atoms with Gasteiger partial charge in [-0.25, -0.2) is 0 Å². The minimum absolute atomic E-state index is 0.137. The Morgan fingerprint density at radius 1 is 1.43 bits per heavy atom. The highest BCUT2D eigenvalue weighted by Gasteiger charge is 2.40. The molecule has 116 valence electrons. The zero-order valence-electron chi connectivity index (χ0n) is 12.9. The zero-order valence-corrected chi connectivity index (χ0v) is 14.5. The number of para-hydroxylation sites is 1. The molecule has 3 nitrogen and oxygen atoms in total. The Hall–Kier alpha value is -1.03. The summed E-state index contributed by atoms with van der Waals surface area (Å²) in [6, 6.07) is 5.57. The van der Waals surface area contributed by atoms with Crippen LogP contribution in [-0.4, -0.2) is 11.1 Å². The van der Waals surface area contributed by atoms with Gasteiger partial charge in [-0.1, -0.05) is 32.9 Å². The Kier molecular flexibility index (Phi) is 4.66. The van der Waals surface area contributed by atoms with Crippen LogP contribution in [0, 0.1) is 17.3 Å². The molecule has 0 amide bonds. The number of nitrogens with two attached hydrogens (primary N) is 1. The summed E-state index contributed by atoms with van der Waals surface area (Å²) in [7, 11) is 0. The fourth-order valence-corrected chi connectivity index (χ4v) is 4.47. The molecule has 2 rings (SSSR count). The molecule has 1 saturated carbocycles. The SMILES string of the molecule is CC1CC(C(C(=O)O)c2cccc(Br)c2N)CC(C)(C)C1. The van der Waals surface area contributed by atoms with Gasteiger partial charge in [0.05, 0.1) is 5.92 Å². The van der Waals surface area contributed by atoms with Crippen LogP contribution in [0.4, 0.5) is 5.69 Å². The number of halogens is 1. The fourth-order valence-electron chi connectivity index (χ4n) is 4.09. The van der Waals surface area contributed by atoms with Gasteiger partial charge >= 0.3 is 5.97 Å². The van der Waals surface area contributed by atoms with Crippen molar-refractivity contribution in [1.29, 1.82) is 0 Å². The molecule has 1 aliphatic rings. The molecule has 0 radical (unpaired) electrons. The van der Waals surface area contributed by atoms with E-state index in [0.717, 1.165) is 29.3 Å². The molecule has 3 unspecified atom stereocenters. The number of carbonyl (C=O) groups is 1. The quantitative estimate of drug-likeness (QED) is 0.776. The summed E-state index contributed by atoms with van der Waals surface area (Å²) in [5.74, 6) is -0.606. The molecule has 4 heteroatoms. The molecule has 1 fully saturated rings. The van der Waals surface area contributed by atoms with Crippen LogP contribution in [0.5, 0.6) is 0 Å². The van der Waals surface area contributed by atoms with E-state index in [1.807, 2.05) is 18.2 Å². The molecule has 0 heterocycles. The molecular formula is C17H24BrNO2. The summed E-state index contributed by atoms with van der Waals surface area (Å²) in [6.45, 7) is 6.69. The molecule has 3 atom stereocenters. The number of hydrogen-bond donors (Lipinski definition) is 2. The van der Waals surface area contributed by atoms with Crippen molar-refractivity contribution in [3.63, 3.8) is 0 Å². The zero-order chi connectivity index (χ0) is 15.8. The predicted molar refractivity (Wildman–Crippen MR) is 89.2 cm³/mol. The van der Waals surface area contributed by atoms with Crippen molar-refractivity contribution in [3.05, 3.63) is 28.2 Å². The number of hydrogen-bond acceptors (Lipinski definition) is 2. The first-order chi connectivity index (χ1) is 9.71. The molecule has 0 saturated heterocycles. The molecule has 0 aliphatic heterocycles. The molecule has 3 N–H and O–H groups in total. The molecule has 1 aromatic rings.